The number of rotatable bonds is 3. The van der Waals surface area contributed by atoms with E-state index in [1.807, 2.05) is 0 Å². The van der Waals surface area contributed by atoms with E-state index in [1.165, 1.54) is 33.0 Å². The highest BCUT2D eigenvalue weighted by atomic mass is 79.9. The molecule has 0 aliphatic carbocycles. The molecule has 0 radical (unpaired) electrons. The predicted molar refractivity (Wildman–Crippen MR) is 79.9 cm³/mol. The van der Waals surface area contributed by atoms with Gasteiger partial charge in [-0.2, -0.15) is 13.2 Å². The molecule has 1 aromatic rings. The smallest absolute Gasteiger partial charge is 0.414 e. The Morgan fingerprint density at radius 3 is 2.36 bits per heavy atom. The molecule has 0 aromatic carbocycles. The van der Waals surface area contributed by atoms with Crippen LogP contribution in [0.3, 0.4) is 0 Å². The molecule has 0 saturated carbocycles. The van der Waals surface area contributed by atoms with Crippen molar-refractivity contribution in [2.75, 3.05) is 0 Å². The first-order valence-electron chi connectivity index (χ1n) is 6.19. The minimum atomic E-state index is -4.83. The van der Waals surface area contributed by atoms with E-state index in [1.54, 1.807) is 0 Å². The predicted octanol–water partition coefficient (Wildman–Crippen LogP) is 4.96. The Kier molecular flexibility index (Phi) is 5.72. The molecule has 0 bridgehead atoms. The van der Waals surface area contributed by atoms with Gasteiger partial charge in [0.25, 0.3) is 0 Å². The fraction of sp³-hybridized carbons (Fsp3) is 0.538. The summed E-state index contributed by atoms with van der Waals surface area (Å²) in [5, 5.41) is 9.28. The van der Waals surface area contributed by atoms with Gasteiger partial charge in [0.1, 0.15) is 0 Å². The van der Waals surface area contributed by atoms with Crippen LogP contribution in [-0.2, 0) is 5.88 Å². The van der Waals surface area contributed by atoms with Gasteiger partial charge in [0.15, 0.2) is 6.04 Å². The largest absolute Gasteiger partial charge is 0.465 e. The average molecular weight is 404 g/mol. The Balaban J connectivity index is 3.58. The standard InChI is InChI=1S/C13H15BrClF3N2O2/c1-12(2,3)20(11(21)22)10(13(16,17)18)9-7(5-15)4-8(14)6-19-9/h4,6,10H,5H2,1-3H3,(H,21,22)/t10-/m1/s1. The molecule has 124 valence electrons. The van der Waals surface area contributed by atoms with Crippen molar-refractivity contribution in [1.29, 1.82) is 0 Å². The molecule has 0 aliphatic heterocycles. The second kappa shape index (κ2) is 6.62. The van der Waals surface area contributed by atoms with Gasteiger partial charge in [0, 0.05) is 22.1 Å². The van der Waals surface area contributed by atoms with Crippen LogP contribution in [0.4, 0.5) is 18.0 Å². The van der Waals surface area contributed by atoms with Crippen LogP contribution in [-0.4, -0.2) is 32.8 Å². The fourth-order valence-electron chi connectivity index (χ4n) is 2.05. The second-order valence-corrected chi connectivity index (χ2v) is 6.78. The summed E-state index contributed by atoms with van der Waals surface area (Å²) >= 11 is 8.81. The fourth-order valence-corrected chi connectivity index (χ4v) is 2.65. The molecule has 0 saturated heterocycles. The van der Waals surface area contributed by atoms with Crippen molar-refractivity contribution >= 4 is 33.6 Å². The van der Waals surface area contributed by atoms with E-state index in [-0.39, 0.29) is 11.4 Å². The van der Waals surface area contributed by atoms with Gasteiger partial charge in [-0.1, -0.05) is 0 Å². The molecule has 1 rings (SSSR count). The van der Waals surface area contributed by atoms with Crippen molar-refractivity contribution in [3.8, 4) is 0 Å². The minimum Gasteiger partial charge on any atom is -0.465 e. The van der Waals surface area contributed by atoms with Crippen molar-refractivity contribution in [1.82, 2.24) is 9.88 Å². The van der Waals surface area contributed by atoms with Crippen LogP contribution in [0.5, 0.6) is 0 Å². The number of aromatic nitrogens is 1. The third-order valence-electron chi connectivity index (χ3n) is 2.87. The SMILES string of the molecule is CC(C)(C)N(C(=O)O)[C@H](c1ncc(Br)cc1CCl)C(F)(F)F. The number of hydrogen-bond acceptors (Lipinski definition) is 2. The summed E-state index contributed by atoms with van der Waals surface area (Å²) in [5.74, 6) is -0.216. The summed E-state index contributed by atoms with van der Waals surface area (Å²) in [7, 11) is 0. The van der Waals surface area contributed by atoms with Gasteiger partial charge in [0.2, 0.25) is 0 Å². The van der Waals surface area contributed by atoms with Crippen molar-refractivity contribution in [3.63, 3.8) is 0 Å². The number of hydrogen-bond donors (Lipinski definition) is 1. The monoisotopic (exact) mass is 402 g/mol. The van der Waals surface area contributed by atoms with Gasteiger partial charge in [-0.05, 0) is 48.3 Å². The van der Waals surface area contributed by atoms with Gasteiger partial charge in [-0.25, -0.2) is 4.79 Å². The molecule has 1 amide bonds. The van der Waals surface area contributed by atoms with Crippen molar-refractivity contribution in [2.45, 2.75) is 44.4 Å². The molecule has 22 heavy (non-hydrogen) atoms. The first kappa shape index (κ1) is 19.0. The van der Waals surface area contributed by atoms with Gasteiger partial charge >= 0.3 is 12.3 Å². The molecule has 1 heterocycles. The van der Waals surface area contributed by atoms with Crippen molar-refractivity contribution < 1.29 is 23.1 Å². The maximum Gasteiger partial charge on any atom is 0.414 e. The molecule has 1 atom stereocenters. The topological polar surface area (TPSA) is 53.4 Å². The van der Waals surface area contributed by atoms with E-state index in [0.29, 0.717) is 9.37 Å². The summed E-state index contributed by atoms with van der Waals surface area (Å²) < 4.78 is 41.2. The Morgan fingerprint density at radius 2 is 2.00 bits per heavy atom. The van der Waals surface area contributed by atoms with Crippen LogP contribution < -0.4 is 0 Å². The highest BCUT2D eigenvalue weighted by molar-refractivity contribution is 9.10. The summed E-state index contributed by atoms with van der Waals surface area (Å²) in [6, 6.07) is -0.997. The summed E-state index contributed by atoms with van der Waals surface area (Å²) in [6.45, 7) is 4.16. The molecule has 9 heteroatoms. The Morgan fingerprint density at radius 1 is 1.45 bits per heavy atom. The van der Waals surface area contributed by atoms with E-state index < -0.39 is 29.5 Å². The number of nitrogens with zero attached hydrogens (tertiary/aromatic N) is 2. The number of carbonyl (C=O) groups is 1. The number of carboxylic acid groups (broad SMARTS) is 1. The van der Waals surface area contributed by atoms with Crippen LogP contribution in [0.25, 0.3) is 0 Å². The highest BCUT2D eigenvalue weighted by Crippen LogP contribution is 2.42. The molecule has 0 fully saturated rings. The summed E-state index contributed by atoms with van der Waals surface area (Å²) in [5.41, 5.74) is -1.57. The van der Waals surface area contributed by atoms with Crippen LogP contribution in [0.2, 0.25) is 0 Å². The number of halogens is 5. The van der Waals surface area contributed by atoms with Gasteiger partial charge in [-0.3, -0.25) is 9.88 Å². The maximum absolute atomic E-state index is 13.6. The zero-order valence-corrected chi connectivity index (χ0v) is 14.4. The number of amides is 1. The van der Waals surface area contributed by atoms with Crippen LogP contribution >= 0.6 is 27.5 Å². The quantitative estimate of drug-likeness (QED) is 0.725. The number of alkyl halides is 4. The molecule has 1 aromatic heterocycles. The normalized spacial score (nSPS) is 13.8. The van der Waals surface area contributed by atoms with Gasteiger partial charge < -0.3 is 5.11 Å². The van der Waals surface area contributed by atoms with E-state index in [2.05, 4.69) is 20.9 Å². The highest BCUT2D eigenvalue weighted by Gasteiger charge is 2.51. The molecule has 0 spiro atoms. The Bertz CT molecular complexity index is 561. The van der Waals surface area contributed by atoms with E-state index in [9.17, 15) is 23.1 Å². The Hall–Kier alpha value is -1.02. The molecular weight excluding hydrogens is 389 g/mol. The number of pyridine rings is 1. The second-order valence-electron chi connectivity index (χ2n) is 5.60. The van der Waals surface area contributed by atoms with Crippen molar-refractivity contribution in [2.24, 2.45) is 0 Å². The lowest BCUT2D eigenvalue weighted by Gasteiger charge is -2.40. The molecule has 1 N–H and O–H groups in total. The molecule has 0 aliphatic rings. The first-order chi connectivity index (χ1) is 9.89. The lowest BCUT2D eigenvalue weighted by Crippen LogP contribution is -2.52. The third kappa shape index (κ3) is 4.25. The lowest BCUT2D eigenvalue weighted by atomic mass is 9.99. The third-order valence-corrected chi connectivity index (χ3v) is 3.59. The average Bonchev–Trinajstić information content (AvgIpc) is 2.32. The Labute approximate surface area is 139 Å². The lowest BCUT2D eigenvalue weighted by molar-refractivity contribution is -0.192. The zero-order chi connectivity index (χ0) is 17.3. The van der Waals surface area contributed by atoms with Crippen LogP contribution in [0.15, 0.2) is 16.7 Å². The van der Waals surface area contributed by atoms with Gasteiger partial charge in [-0.15, -0.1) is 11.6 Å². The van der Waals surface area contributed by atoms with Crippen LogP contribution in [0, 0.1) is 0 Å². The van der Waals surface area contributed by atoms with E-state index in [4.69, 9.17) is 11.6 Å². The van der Waals surface area contributed by atoms with E-state index >= 15 is 0 Å². The van der Waals surface area contributed by atoms with Crippen molar-refractivity contribution in [3.05, 3.63) is 28.0 Å². The van der Waals surface area contributed by atoms with Gasteiger partial charge in [0.05, 0.1) is 5.69 Å². The molecular formula is C13H15BrClF3N2O2. The van der Waals surface area contributed by atoms with E-state index in [0.717, 1.165) is 0 Å². The molecule has 0 unspecified atom stereocenters. The molecule has 4 nitrogen and oxygen atoms in total. The first-order valence-corrected chi connectivity index (χ1v) is 7.51. The summed E-state index contributed by atoms with van der Waals surface area (Å²) in [6.07, 6.45) is -5.32. The van der Waals surface area contributed by atoms with Crippen LogP contribution in [0.1, 0.15) is 38.1 Å². The summed E-state index contributed by atoms with van der Waals surface area (Å²) in [4.78, 5) is 15.6. The minimum absolute atomic E-state index is 0.119. The zero-order valence-electron chi connectivity index (χ0n) is 12.1. The maximum atomic E-state index is 13.6.